The molecule has 0 unspecified atom stereocenters. The summed E-state index contributed by atoms with van der Waals surface area (Å²) >= 11 is 7.32. The number of rotatable bonds is 6. The molecule has 1 N–H and O–H groups in total. The lowest BCUT2D eigenvalue weighted by molar-refractivity contribution is -0.118. The third kappa shape index (κ3) is 4.82. The summed E-state index contributed by atoms with van der Waals surface area (Å²) in [4.78, 5) is 29.8. The van der Waals surface area contributed by atoms with Crippen LogP contribution in [0.4, 0.5) is 0 Å². The van der Waals surface area contributed by atoms with E-state index in [0.717, 1.165) is 25.7 Å². The first-order chi connectivity index (χ1) is 13.1. The molecule has 0 spiro atoms. The summed E-state index contributed by atoms with van der Waals surface area (Å²) < 4.78 is 1.77. The Bertz CT molecular complexity index is 932. The molecule has 2 aromatic rings. The summed E-state index contributed by atoms with van der Waals surface area (Å²) in [6.45, 7) is 0.325. The molecule has 0 aliphatic heterocycles. The summed E-state index contributed by atoms with van der Waals surface area (Å²) in [6.07, 6.45) is 5.54. The topological polar surface area (TPSA) is 87.8 Å². The van der Waals surface area contributed by atoms with Gasteiger partial charge >= 0.3 is 0 Å². The van der Waals surface area contributed by atoms with E-state index in [4.69, 9.17) is 16.9 Å². The van der Waals surface area contributed by atoms with Crippen LogP contribution >= 0.6 is 23.4 Å². The number of nitrogens with one attached hydrogen (secondary N) is 1. The molecule has 0 bridgehead atoms. The smallest absolute Gasteiger partial charge is 0.262 e. The van der Waals surface area contributed by atoms with E-state index in [2.05, 4.69) is 10.3 Å². The third-order valence-electron chi connectivity index (χ3n) is 4.66. The summed E-state index contributed by atoms with van der Waals surface area (Å²) in [7, 11) is 0. The van der Waals surface area contributed by atoms with Gasteiger partial charge in [0.15, 0.2) is 5.16 Å². The lowest BCUT2D eigenvalue weighted by Gasteiger charge is -2.26. The second-order valence-corrected chi connectivity index (χ2v) is 7.95. The number of carbonyl (C=O) groups is 1. The van der Waals surface area contributed by atoms with Crippen molar-refractivity contribution < 1.29 is 4.79 Å². The fourth-order valence-corrected chi connectivity index (χ4v) is 4.42. The maximum atomic E-state index is 13.1. The fraction of sp³-hybridized carbons (Fsp3) is 0.474. The molecule has 0 saturated heterocycles. The Morgan fingerprint density at radius 1 is 1.37 bits per heavy atom. The largest absolute Gasteiger partial charge is 0.354 e. The predicted molar refractivity (Wildman–Crippen MR) is 107 cm³/mol. The van der Waals surface area contributed by atoms with E-state index >= 15 is 0 Å². The molecule has 1 fully saturated rings. The molecular weight excluding hydrogens is 384 g/mol. The quantitative estimate of drug-likeness (QED) is 0.450. The Hall–Kier alpha value is -2.04. The van der Waals surface area contributed by atoms with Crippen molar-refractivity contribution in [2.45, 2.75) is 49.7 Å². The van der Waals surface area contributed by atoms with Gasteiger partial charge in [0, 0.05) is 17.6 Å². The number of hydrogen-bond donors (Lipinski definition) is 1. The van der Waals surface area contributed by atoms with E-state index in [1.54, 1.807) is 22.8 Å². The maximum Gasteiger partial charge on any atom is 0.262 e. The van der Waals surface area contributed by atoms with Gasteiger partial charge in [-0.15, -0.1) is 0 Å². The van der Waals surface area contributed by atoms with Gasteiger partial charge in [-0.2, -0.15) is 5.26 Å². The highest BCUT2D eigenvalue weighted by atomic mass is 35.5. The van der Waals surface area contributed by atoms with Gasteiger partial charge in [-0.25, -0.2) is 4.98 Å². The van der Waals surface area contributed by atoms with Crippen LogP contribution in [0.15, 0.2) is 28.2 Å². The number of thioether (sulfide) groups is 1. The normalized spacial score (nSPS) is 14.8. The summed E-state index contributed by atoms with van der Waals surface area (Å²) in [5, 5.41) is 12.9. The number of hydrogen-bond acceptors (Lipinski definition) is 5. The van der Waals surface area contributed by atoms with Crippen LogP contribution in [0.5, 0.6) is 0 Å². The molecule has 1 aromatic carbocycles. The van der Waals surface area contributed by atoms with Crippen LogP contribution in [0.2, 0.25) is 5.02 Å². The second-order valence-electron chi connectivity index (χ2n) is 6.57. The zero-order chi connectivity index (χ0) is 19.2. The predicted octanol–water partition coefficient (Wildman–Crippen LogP) is 3.68. The number of benzene rings is 1. The van der Waals surface area contributed by atoms with Gasteiger partial charge < -0.3 is 5.32 Å². The zero-order valence-corrected chi connectivity index (χ0v) is 16.5. The highest BCUT2D eigenvalue weighted by Gasteiger charge is 2.22. The Labute approximate surface area is 166 Å². The van der Waals surface area contributed by atoms with Crippen LogP contribution in [-0.4, -0.2) is 27.8 Å². The standard InChI is InChI=1S/C19H21ClN4O2S/c20-13-7-8-15-16(11-13)23-19(27-12-17(25)22-10-4-9-21)24(18(15)26)14-5-2-1-3-6-14/h7-8,11,14H,1-6,10,12H2,(H,22,25). The molecule has 1 aromatic heterocycles. The number of fused-ring (bicyclic) bond motifs is 1. The van der Waals surface area contributed by atoms with Gasteiger partial charge in [0.1, 0.15) is 0 Å². The molecule has 1 heterocycles. The van der Waals surface area contributed by atoms with Crippen LogP contribution in [-0.2, 0) is 4.79 Å². The number of halogens is 1. The van der Waals surface area contributed by atoms with Crippen molar-refractivity contribution in [1.29, 1.82) is 5.26 Å². The van der Waals surface area contributed by atoms with Crippen molar-refractivity contribution in [2.75, 3.05) is 12.3 Å². The Morgan fingerprint density at radius 3 is 2.89 bits per heavy atom. The molecule has 1 aliphatic rings. The van der Waals surface area contributed by atoms with Crippen LogP contribution in [0, 0.1) is 11.3 Å². The van der Waals surface area contributed by atoms with E-state index in [0.29, 0.717) is 27.6 Å². The van der Waals surface area contributed by atoms with Crippen molar-refractivity contribution in [3.05, 3.63) is 33.6 Å². The minimum atomic E-state index is -0.175. The van der Waals surface area contributed by atoms with Crippen molar-refractivity contribution in [1.82, 2.24) is 14.9 Å². The van der Waals surface area contributed by atoms with Gasteiger partial charge in [-0.3, -0.25) is 14.2 Å². The van der Waals surface area contributed by atoms with Crippen molar-refractivity contribution in [2.24, 2.45) is 0 Å². The number of nitrogens with zero attached hydrogens (tertiary/aromatic N) is 3. The first-order valence-corrected chi connectivity index (χ1v) is 10.4. The van der Waals surface area contributed by atoms with E-state index in [1.807, 2.05) is 6.07 Å². The van der Waals surface area contributed by atoms with Crippen LogP contribution in [0.1, 0.15) is 44.6 Å². The Kier molecular flexibility index (Phi) is 6.75. The highest BCUT2D eigenvalue weighted by molar-refractivity contribution is 7.99. The highest BCUT2D eigenvalue weighted by Crippen LogP contribution is 2.31. The van der Waals surface area contributed by atoms with Gasteiger partial charge in [-0.05, 0) is 31.0 Å². The van der Waals surface area contributed by atoms with Crippen LogP contribution in [0.25, 0.3) is 10.9 Å². The molecular formula is C19H21ClN4O2S. The Balaban J connectivity index is 1.92. The van der Waals surface area contributed by atoms with Gasteiger partial charge in [0.25, 0.3) is 5.56 Å². The van der Waals surface area contributed by atoms with Crippen molar-refractivity contribution in [3.63, 3.8) is 0 Å². The minimum Gasteiger partial charge on any atom is -0.354 e. The average molecular weight is 405 g/mol. The van der Waals surface area contributed by atoms with E-state index in [9.17, 15) is 9.59 Å². The van der Waals surface area contributed by atoms with Gasteiger partial charge in [0.05, 0.1) is 29.1 Å². The minimum absolute atomic E-state index is 0.0732. The number of carbonyl (C=O) groups excluding carboxylic acids is 1. The lowest BCUT2D eigenvalue weighted by atomic mass is 9.95. The summed E-state index contributed by atoms with van der Waals surface area (Å²) in [5.74, 6) is -0.0256. The van der Waals surface area contributed by atoms with Crippen LogP contribution < -0.4 is 10.9 Å². The van der Waals surface area contributed by atoms with Gasteiger partial charge in [-0.1, -0.05) is 42.6 Å². The molecule has 27 heavy (non-hydrogen) atoms. The Morgan fingerprint density at radius 2 is 2.15 bits per heavy atom. The maximum absolute atomic E-state index is 13.1. The lowest BCUT2D eigenvalue weighted by Crippen LogP contribution is -2.30. The molecule has 1 saturated carbocycles. The molecule has 1 amide bonds. The molecule has 142 valence electrons. The third-order valence-corrected chi connectivity index (χ3v) is 5.85. The number of nitriles is 1. The summed E-state index contributed by atoms with van der Waals surface area (Å²) in [5.41, 5.74) is 0.475. The molecule has 1 aliphatic carbocycles. The molecule has 8 heteroatoms. The fourth-order valence-electron chi connectivity index (χ4n) is 3.35. The molecule has 0 atom stereocenters. The molecule has 3 rings (SSSR count). The summed E-state index contributed by atoms with van der Waals surface area (Å²) in [6, 6.07) is 7.20. The van der Waals surface area contributed by atoms with Crippen molar-refractivity contribution in [3.8, 4) is 6.07 Å². The first-order valence-electron chi connectivity index (χ1n) is 9.08. The van der Waals surface area contributed by atoms with E-state index in [1.165, 1.54) is 18.2 Å². The average Bonchev–Trinajstić information content (AvgIpc) is 2.67. The monoisotopic (exact) mass is 404 g/mol. The zero-order valence-electron chi connectivity index (χ0n) is 14.9. The number of amides is 1. The van der Waals surface area contributed by atoms with Gasteiger partial charge in [0.2, 0.25) is 5.91 Å². The SMILES string of the molecule is N#CCCNC(=O)CSc1nc2cc(Cl)ccc2c(=O)n1C1CCCCC1. The molecule has 0 radical (unpaired) electrons. The number of aromatic nitrogens is 2. The van der Waals surface area contributed by atoms with E-state index < -0.39 is 0 Å². The van der Waals surface area contributed by atoms with E-state index in [-0.39, 0.29) is 29.7 Å². The van der Waals surface area contributed by atoms with Crippen molar-refractivity contribution >= 4 is 40.2 Å². The second kappa shape index (κ2) is 9.25. The molecule has 6 nitrogen and oxygen atoms in total. The first kappa shape index (κ1) is 19.7. The van der Waals surface area contributed by atoms with Crippen LogP contribution in [0.3, 0.4) is 0 Å².